The van der Waals surface area contributed by atoms with Crippen molar-refractivity contribution in [3.8, 4) is 5.75 Å². The van der Waals surface area contributed by atoms with Crippen LogP contribution in [0.15, 0.2) is 76.8 Å². The fourth-order valence-corrected chi connectivity index (χ4v) is 3.67. The lowest BCUT2D eigenvalue weighted by Gasteiger charge is -2.17. The summed E-state index contributed by atoms with van der Waals surface area (Å²) < 4.78 is 17.5. The van der Waals surface area contributed by atoms with E-state index in [-0.39, 0.29) is 18.8 Å². The monoisotopic (exact) mass is 490 g/mol. The van der Waals surface area contributed by atoms with Crippen molar-refractivity contribution < 1.29 is 23.8 Å². The first-order valence-electron chi connectivity index (χ1n) is 10.9. The average molecular weight is 490 g/mol. The maximum Gasteiger partial charge on any atom is 0.351 e. The second kappa shape index (κ2) is 11.2. The van der Waals surface area contributed by atoms with E-state index in [9.17, 15) is 14.4 Å². The first-order valence-corrected chi connectivity index (χ1v) is 10.9. The molecule has 12 heteroatoms. The number of amides is 1. The van der Waals surface area contributed by atoms with Gasteiger partial charge in [0, 0.05) is 23.1 Å². The number of benzene rings is 2. The highest BCUT2D eigenvalue weighted by atomic mass is 16.6. The Morgan fingerprint density at radius 1 is 1.17 bits per heavy atom. The quantitative estimate of drug-likeness (QED) is 0.219. The Morgan fingerprint density at radius 2 is 1.92 bits per heavy atom. The first kappa shape index (κ1) is 24.5. The fraction of sp³-hybridized carbons (Fsp3) is 0.250. The van der Waals surface area contributed by atoms with E-state index >= 15 is 0 Å². The highest BCUT2D eigenvalue weighted by Crippen LogP contribution is 2.30. The van der Waals surface area contributed by atoms with E-state index in [0.717, 1.165) is 0 Å². The minimum atomic E-state index is -0.802. The van der Waals surface area contributed by atoms with Crippen LogP contribution in [0.4, 0.5) is 5.82 Å². The maximum absolute atomic E-state index is 12.6. The normalized spacial score (nSPS) is 18.6. The maximum atomic E-state index is 12.6. The number of methoxy groups -OCH3 is 1. The van der Waals surface area contributed by atoms with Crippen LogP contribution < -0.4 is 15.7 Å². The molecule has 36 heavy (non-hydrogen) atoms. The van der Waals surface area contributed by atoms with Crippen molar-refractivity contribution in [2.45, 2.75) is 24.8 Å². The topological polar surface area (TPSA) is 158 Å². The molecule has 1 aliphatic heterocycles. The minimum Gasteiger partial charge on any atom is -0.497 e. The molecule has 4 rings (SSSR count). The molecule has 1 N–H and O–H groups in total. The lowest BCUT2D eigenvalue weighted by Crippen LogP contribution is -2.29. The Hall–Kier alpha value is -4.67. The van der Waals surface area contributed by atoms with Gasteiger partial charge in [0.25, 0.3) is 5.91 Å². The van der Waals surface area contributed by atoms with Gasteiger partial charge in [-0.2, -0.15) is 4.98 Å². The van der Waals surface area contributed by atoms with Crippen LogP contribution in [-0.2, 0) is 9.47 Å². The summed E-state index contributed by atoms with van der Waals surface area (Å²) in [4.78, 5) is 44.1. The van der Waals surface area contributed by atoms with E-state index in [1.54, 1.807) is 54.6 Å². The van der Waals surface area contributed by atoms with Gasteiger partial charge in [-0.15, -0.1) is 0 Å². The molecule has 0 spiro atoms. The van der Waals surface area contributed by atoms with Gasteiger partial charge in [-0.1, -0.05) is 23.3 Å². The lowest BCUT2D eigenvalue weighted by molar-refractivity contribution is -0.0361. The van der Waals surface area contributed by atoms with Crippen LogP contribution in [0.3, 0.4) is 0 Å². The summed E-state index contributed by atoms with van der Waals surface area (Å²) in [5.74, 6) is -0.303. The van der Waals surface area contributed by atoms with Gasteiger partial charge in [0.1, 0.15) is 30.5 Å². The van der Waals surface area contributed by atoms with E-state index in [1.165, 1.54) is 23.9 Å². The van der Waals surface area contributed by atoms with Crippen LogP contribution in [0.1, 0.15) is 33.4 Å². The number of azide groups is 1. The van der Waals surface area contributed by atoms with Gasteiger partial charge in [-0.05, 0) is 48.0 Å². The number of aromatic nitrogens is 2. The van der Waals surface area contributed by atoms with Crippen LogP contribution in [0.25, 0.3) is 10.4 Å². The molecule has 1 amide bonds. The molecule has 0 bridgehead atoms. The van der Waals surface area contributed by atoms with Crippen molar-refractivity contribution in [2.75, 3.05) is 19.0 Å². The third kappa shape index (κ3) is 5.69. The van der Waals surface area contributed by atoms with Crippen LogP contribution in [0, 0.1) is 0 Å². The Morgan fingerprint density at radius 3 is 2.58 bits per heavy atom. The van der Waals surface area contributed by atoms with Gasteiger partial charge in [-0.3, -0.25) is 9.36 Å². The average Bonchev–Trinajstić information content (AvgIpc) is 3.30. The SMILES string of the molecule is COc1ccc(C(=O)OC[C@H]2O[C@@H](n3ccc(NC(=O)c4ccccc4)nc3=O)C[C@@H]2N=[N+]=[N-])cc1. The number of carbonyl (C=O) groups excluding carboxylic acids is 2. The summed E-state index contributed by atoms with van der Waals surface area (Å²) >= 11 is 0. The van der Waals surface area contributed by atoms with E-state index in [4.69, 9.17) is 19.7 Å². The molecule has 0 aliphatic carbocycles. The van der Waals surface area contributed by atoms with E-state index in [2.05, 4.69) is 20.3 Å². The second-order valence-corrected chi connectivity index (χ2v) is 7.79. The Bertz CT molecular complexity index is 1340. The summed E-state index contributed by atoms with van der Waals surface area (Å²) in [7, 11) is 1.52. The van der Waals surface area contributed by atoms with Gasteiger partial charge in [0.2, 0.25) is 0 Å². The molecule has 1 aliphatic rings. The fourth-order valence-electron chi connectivity index (χ4n) is 3.67. The molecule has 3 atom stereocenters. The van der Waals surface area contributed by atoms with E-state index < -0.39 is 35.9 Å². The number of esters is 1. The van der Waals surface area contributed by atoms with Crippen molar-refractivity contribution in [2.24, 2.45) is 5.11 Å². The zero-order valence-electron chi connectivity index (χ0n) is 19.2. The number of ether oxygens (including phenoxy) is 3. The van der Waals surface area contributed by atoms with Gasteiger partial charge in [0.15, 0.2) is 0 Å². The number of nitrogens with one attached hydrogen (secondary N) is 1. The van der Waals surface area contributed by atoms with Crippen molar-refractivity contribution in [1.29, 1.82) is 0 Å². The third-order valence-corrected chi connectivity index (χ3v) is 5.53. The molecule has 0 saturated carbocycles. The van der Waals surface area contributed by atoms with Crippen molar-refractivity contribution in [3.05, 3.63) is 98.9 Å². The minimum absolute atomic E-state index is 0.0830. The second-order valence-electron chi connectivity index (χ2n) is 7.79. The molecule has 12 nitrogen and oxygen atoms in total. The van der Waals surface area contributed by atoms with Gasteiger partial charge in [0.05, 0.1) is 18.7 Å². The van der Waals surface area contributed by atoms with Crippen molar-refractivity contribution >= 4 is 17.7 Å². The number of carbonyl (C=O) groups is 2. The lowest BCUT2D eigenvalue weighted by atomic mass is 10.1. The van der Waals surface area contributed by atoms with E-state index in [0.29, 0.717) is 16.9 Å². The van der Waals surface area contributed by atoms with Crippen molar-refractivity contribution in [3.63, 3.8) is 0 Å². The molecule has 0 unspecified atom stereocenters. The molecule has 1 saturated heterocycles. The zero-order chi connectivity index (χ0) is 25.5. The van der Waals surface area contributed by atoms with Crippen LogP contribution in [-0.4, -0.2) is 47.3 Å². The third-order valence-electron chi connectivity index (χ3n) is 5.53. The molecule has 3 aromatic rings. The first-order chi connectivity index (χ1) is 17.5. The van der Waals surface area contributed by atoms with E-state index in [1.807, 2.05) is 0 Å². The Kier molecular flexibility index (Phi) is 7.59. The smallest absolute Gasteiger partial charge is 0.351 e. The predicted molar refractivity (Wildman–Crippen MR) is 128 cm³/mol. The Balaban J connectivity index is 1.41. The summed E-state index contributed by atoms with van der Waals surface area (Å²) in [6.07, 6.45) is 0.0348. The predicted octanol–water partition coefficient (Wildman–Crippen LogP) is 3.33. The Labute approximate surface area is 205 Å². The largest absolute Gasteiger partial charge is 0.497 e. The van der Waals surface area contributed by atoms with Crippen LogP contribution in [0.5, 0.6) is 5.75 Å². The highest BCUT2D eigenvalue weighted by molar-refractivity contribution is 6.03. The highest BCUT2D eigenvalue weighted by Gasteiger charge is 2.37. The summed E-state index contributed by atoms with van der Waals surface area (Å²) in [6.45, 7) is -0.182. The molecule has 2 aromatic carbocycles. The number of hydrogen-bond acceptors (Lipinski definition) is 8. The number of nitrogens with zero attached hydrogens (tertiary/aromatic N) is 5. The van der Waals surface area contributed by atoms with Gasteiger partial charge >= 0.3 is 11.7 Å². The molecule has 1 aromatic heterocycles. The standard InChI is InChI=1S/C24H22N6O6/c1-34-17-9-7-16(8-10-17)23(32)35-14-19-18(28-29-25)13-21(36-19)30-12-11-20(27-24(30)33)26-22(31)15-5-3-2-4-6-15/h2-12,18-19,21H,13-14H2,1H3,(H,26,27,31,33)/t18-,19+,21+/m0/s1. The zero-order valence-corrected chi connectivity index (χ0v) is 19.2. The number of rotatable bonds is 8. The summed E-state index contributed by atoms with van der Waals surface area (Å²) in [5, 5.41) is 6.30. The van der Waals surface area contributed by atoms with Crippen LogP contribution in [0.2, 0.25) is 0 Å². The molecule has 0 radical (unpaired) electrons. The summed E-state index contributed by atoms with van der Waals surface area (Å²) in [6, 6.07) is 15.7. The number of anilines is 1. The molecular weight excluding hydrogens is 468 g/mol. The van der Waals surface area contributed by atoms with Gasteiger partial charge < -0.3 is 19.5 Å². The van der Waals surface area contributed by atoms with Crippen molar-refractivity contribution in [1.82, 2.24) is 9.55 Å². The molecular formula is C24H22N6O6. The van der Waals surface area contributed by atoms with Crippen LogP contribution >= 0.6 is 0 Å². The molecule has 184 valence electrons. The number of hydrogen-bond donors (Lipinski definition) is 1. The molecule has 2 heterocycles. The molecule has 1 fully saturated rings. The van der Waals surface area contributed by atoms with Gasteiger partial charge in [-0.25, -0.2) is 9.59 Å². The summed E-state index contributed by atoms with van der Waals surface area (Å²) in [5.41, 5.74) is 9.01.